The van der Waals surface area contributed by atoms with Gasteiger partial charge in [0.1, 0.15) is 11.3 Å². The van der Waals surface area contributed by atoms with Crippen LogP contribution in [0.4, 0.5) is 0 Å². The lowest BCUT2D eigenvalue weighted by atomic mass is 10.2. The fraction of sp³-hybridized carbons (Fsp3) is 0.500. The second kappa shape index (κ2) is 7.11. The Morgan fingerprint density at radius 3 is 2.62 bits per heavy atom. The standard InChI is InChI=1S/C20H25N3O3/c1-14(18-12-16-4-2-3-5-17(16)26-18)21-19(24)13-22-8-10-23(11-9-22)20(25)15-6-7-15/h2-5,12,14-15H,6-11,13H2,1H3,(H,21,24). The molecule has 0 radical (unpaired) electrons. The molecule has 2 aromatic rings. The zero-order valence-electron chi connectivity index (χ0n) is 15.1. The highest BCUT2D eigenvalue weighted by molar-refractivity contribution is 5.81. The van der Waals surface area contributed by atoms with Gasteiger partial charge in [0.15, 0.2) is 0 Å². The number of fused-ring (bicyclic) bond motifs is 1. The third kappa shape index (κ3) is 3.75. The second-order valence-corrected chi connectivity index (χ2v) is 7.35. The van der Waals surface area contributed by atoms with Crippen LogP contribution in [0.3, 0.4) is 0 Å². The molecule has 1 aromatic heterocycles. The highest BCUT2D eigenvalue weighted by atomic mass is 16.3. The fourth-order valence-electron chi connectivity index (χ4n) is 3.49. The average Bonchev–Trinajstić information content (AvgIpc) is 3.39. The SMILES string of the molecule is CC(NC(=O)CN1CCN(C(=O)C2CC2)CC1)c1cc2ccccc2o1. The number of benzene rings is 1. The molecule has 1 N–H and O–H groups in total. The van der Waals surface area contributed by atoms with E-state index in [1.54, 1.807) is 0 Å². The summed E-state index contributed by atoms with van der Waals surface area (Å²) in [5, 5.41) is 4.05. The van der Waals surface area contributed by atoms with Crippen LogP contribution in [0, 0.1) is 5.92 Å². The third-order valence-corrected chi connectivity index (χ3v) is 5.23. The number of carbonyl (C=O) groups is 2. The van der Waals surface area contributed by atoms with Gasteiger partial charge < -0.3 is 14.6 Å². The quantitative estimate of drug-likeness (QED) is 0.893. The van der Waals surface area contributed by atoms with Crippen molar-refractivity contribution in [2.24, 2.45) is 5.92 Å². The number of hydrogen-bond donors (Lipinski definition) is 1. The van der Waals surface area contributed by atoms with Crippen LogP contribution in [-0.4, -0.2) is 54.3 Å². The van der Waals surface area contributed by atoms with E-state index in [0.717, 1.165) is 55.8 Å². The van der Waals surface area contributed by atoms with Crippen LogP contribution in [0.1, 0.15) is 31.6 Å². The lowest BCUT2D eigenvalue weighted by Crippen LogP contribution is -2.51. The van der Waals surface area contributed by atoms with Crippen molar-refractivity contribution >= 4 is 22.8 Å². The number of para-hydroxylation sites is 1. The number of nitrogens with zero attached hydrogens (tertiary/aromatic N) is 2. The van der Waals surface area contributed by atoms with Crippen LogP contribution in [0.2, 0.25) is 0 Å². The van der Waals surface area contributed by atoms with Crippen LogP contribution < -0.4 is 5.32 Å². The van der Waals surface area contributed by atoms with Gasteiger partial charge in [-0.1, -0.05) is 18.2 Å². The Morgan fingerprint density at radius 2 is 1.92 bits per heavy atom. The maximum absolute atomic E-state index is 12.4. The molecule has 1 unspecified atom stereocenters. The van der Waals surface area contributed by atoms with Crippen molar-refractivity contribution in [1.29, 1.82) is 0 Å². The van der Waals surface area contributed by atoms with E-state index in [9.17, 15) is 9.59 Å². The molecule has 2 amide bonds. The van der Waals surface area contributed by atoms with Crippen molar-refractivity contribution in [3.05, 3.63) is 36.1 Å². The molecular formula is C20H25N3O3. The van der Waals surface area contributed by atoms with Crippen molar-refractivity contribution < 1.29 is 14.0 Å². The van der Waals surface area contributed by atoms with E-state index >= 15 is 0 Å². The summed E-state index contributed by atoms with van der Waals surface area (Å²) < 4.78 is 5.82. The van der Waals surface area contributed by atoms with Crippen molar-refractivity contribution in [3.63, 3.8) is 0 Å². The minimum Gasteiger partial charge on any atom is -0.459 e. The van der Waals surface area contributed by atoms with Crippen LogP contribution in [0.15, 0.2) is 34.7 Å². The zero-order chi connectivity index (χ0) is 18.1. The van der Waals surface area contributed by atoms with Gasteiger partial charge in [-0.3, -0.25) is 14.5 Å². The van der Waals surface area contributed by atoms with Crippen molar-refractivity contribution in [2.45, 2.75) is 25.8 Å². The first-order valence-electron chi connectivity index (χ1n) is 9.39. The lowest BCUT2D eigenvalue weighted by Gasteiger charge is -2.34. The summed E-state index contributed by atoms with van der Waals surface area (Å²) in [4.78, 5) is 28.5. The summed E-state index contributed by atoms with van der Waals surface area (Å²) in [6.07, 6.45) is 2.09. The predicted octanol–water partition coefficient (Wildman–Crippen LogP) is 2.16. The van der Waals surface area contributed by atoms with Crippen LogP contribution in [-0.2, 0) is 9.59 Å². The Bertz CT molecular complexity index is 770. The number of hydrogen-bond acceptors (Lipinski definition) is 4. The topological polar surface area (TPSA) is 65.8 Å². The summed E-state index contributed by atoms with van der Waals surface area (Å²) in [5.74, 6) is 1.32. The van der Waals surface area contributed by atoms with Gasteiger partial charge in [-0.25, -0.2) is 0 Å². The minimum absolute atomic E-state index is 0.0140. The molecule has 4 rings (SSSR count). The molecule has 0 spiro atoms. The molecule has 6 nitrogen and oxygen atoms in total. The molecule has 6 heteroatoms. The predicted molar refractivity (Wildman–Crippen MR) is 98.5 cm³/mol. The van der Waals surface area contributed by atoms with E-state index in [0.29, 0.717) is 12.5 Å². The molecule has 2 heterocycles. The molecule has 26 heavy (non-hydrogen) atoms. The van der Waals surface area contributed by atoms with E-state index in [1.165, 1.54) is 0 Å². The van der Waals surface area contributed by atoms with Gasteiger partial charge >= 0.3 is 0 Å². The number of piperazine rings is 1. The van der Waals surface area contributed by atoms with E-state index in [-0.39, 0.29) is 17.9 Å². The molecule has 1 saturated heterocycles. The monoisotopic (exact) mass is 355 g/mol. The van der Waals surface area contributed by atoms with Gasteiger partial charge in [-0.15, -0.1) is 0 Å². The highest BCUT2D eigenvalue weighted by Crippen LogP contribution is 2.31. The first-order valence-corrected chi connectivity index (χ1v) is 9.39. The van der Waals surface area contributed by atoms with Crippen LogP contribution in [0.25, 0.3) is 11.0 Å². The third-order valence-electron chi connectivity index (χ3n) is 5.23. The maximum Gasteiger partial charge on any atom is 0.234 e. The average molecular weight is 355 g/mol. The van der Waals surface area contributed by atoms with Gasteiger partial charge in [-0.05, 0) is 31.9 Å². The van der Waals surface area contributed by atoms with Crippen LogP contribution in [0.5, 0.6) is 0 Å². The van der Waals surface area contributed by atoms with Gasteiger partial charge in [0.2, 0.25) is 11.8 Å². The molecule has 1 aliphatic carbocycles. The zero-order valence-corrected chi connectivity index (χ0v) is 15.1. The normalized spacial score (nSPS) is 19.5. The van der Waals surface area contributed by atoms with Crippen molar-refractivity contribution in [2.75, 3.05) is 32.7 Å². The summed E-state index contributed by atoms with van der Waals surface area (Å²) in [6.45, 7) is 5.25. The number of carbonyl (C=O) groups excluding carboxylic acids is 2. The Morgan fingerprint density at radius 1 is 1.19 bits per heavy atom. The molecular weight excluding hydrogens is 330 g/mol. The Hall–Kier alpha value is -2.34. The second-order valence-electron chi connectivity index (χ2n) is 7.35. The van der Waals surface area contributed by atoms with Crippen molar-refractivity contribution in [3.8, 4) is 0 Å². The highest BCUT2D eigenvalue weighted by Gasteiger charge is 2.34. The maximum atomic E-state index is 12.4. The van der Waals surface area contributed by atoms with Gasteiger partial charge in [-0.2, -0.15) is 0 Å². The molecule has 2 aliphatic rings. The summed E-state index contributed by atoms with van der Waals surface area (Å²) in [5.41, 5.74) is 0.833. The summed E-state index contributed by atoms with van der Waals surface area (Å²) >= 11 is 0. The number of nitrogens with one attached hydrogen (secondary N) is 1. The lowest BCUT2D eigenvalue weighted by molar-refractivity contribution is -0.134. The fourth-order valence-corrected chi connectivity index (χ4v) is 3.49. The molecule has 0 bridgehead atoms. The largest absolute Gasteiger partial charge is 0.459 e. The molecule has 1 saturated carbocycles. The Balaban J connectivity index is 1.26. The molecule has 1 aromatic carbocycles. The Kier molecular flexibility index (Phi) is 4.68. The van der Waals surface area contributed by atoms with Gasteiger partial charge in [0.05, 0.1) is 12.6 Å². The van der Waals surface area contributed by atoms with Gasteiger partial charge in [0.25, 0.3) is 0 Å². The van der Waals surface area contributed by atoms with E-state index in [2.05, 4.69) is 10.2 Å². The minimum atomic E-state index is -0.173. The molecule has 1 aliphatic heterocycles. The summed E-state index contributed by atoms with van der Waals surface area (Å²) in [7, 11) is 0. The van der Waals surface area contributed by atoms with Gasteiger partial charge in [0, 0.05) is 37.5 Å². The first-order chi connectivity index (χ1) is 12.6. The molecule has 2 fully saturated rings. The molecule has 1 atom stereocenters. The van der Waals surface area contributed by atoms with E-state index in [1.807, 2.05) is 42.2 Å². The number of rotatable bonds is 5. The smallest absolute Gasteiger partial charge is 0.234 e. The van der Waals surface area contributed by atoms with Crippen LogP contribution >= 0.6 is 0 Å². The summed E-state index contributed by atoms with van der Waals surface area (Å²) in [6, 6.07) is 9.63. The first kappa shape index (κ1) is 17.1. The Labute approximate surface area is 153 Å². The number of furan rings is 1. The molecule has 138 valence electrons. The van der Waals surface area contributed by atoms with E-state index < -0.39 is 0 Å². The van der Waals surface area contributed by atoms with E-state index in [4.69, 9.17) is 4.42 Å². The van der Waals surface area contributed by atoms with Crippen molar-refractivity contribution in [1.82, 2.24) is 15.1 Å². The number of amides is 2.